The fourth-order valence-electron chi connectivity index (χ4n) is 3.26. The molecule has 0 radical (unpaired) electrons. The number of benzene rings is 2. The Morgan fingerprint density at radius 3 is 2.63 bits per heavy atom. The number of carbonyl (C=O) groups is 1. The molecule has 0 saturated carbocycles. The van der Waals surface area contributed by atoms with Crippen molar-refractivity contribution in [3.63, 3.8) is 0 Å². The maximum absolute atomic E-state index is 12.5. The number of aryl methyl sites for hydroxylation is 1. The van der Waals surface area contributed by atoms with Crippen LogP contribution in [0.3, 0.4) is 0 Å². The van der Waals surface area contributed by atoms with Gasteiger partial charge in [0.15, 0.2) is 5.16 Å². The zero-order valence-corrected chi connectivity index (χ0v) is 17.7. The van der Waals surface area contributed by atoms with Gasteiger partial charge in [0.1, 0.15) is 0 Å². The minimum absolute atomic E-state index is 0.0227. The van der Waals surface area contributed by atoms with E-state index in [1.54, 1.807) is 18.7 Å². The Bertz CT molecular complexity index is 1120. The molecule has 1 N–H and O–H groups in total. The lowest BCUT2D eigenvalue weighted by Gasteiger charge is -2.15. The molecular formula is C23H23N5OS. The summed E-state index contributed by atoms with van der Waals surface area (Å²) in [6.07, 6.45) is 9.10. The Morgan fingerprint density at radius 1 is 1.10 bits per heavy atom. The second-order valence-electron chi connectivity index (χ2n) is 7.01. The Labute approximate surface area is 180 Å². The Balaban J connectivity index is 1.35. The number of carbonyl (C=O) groups excluding carboxylic acids is 1. The molecule has 0 unspecified atom stereocenters. The average Bonchev–Trinajstić information content (AvgIpc) is 3.45. The number of thioether (sulfide) groups is 1. The molecule has 0 aliphatic rings. The second kappa shape index (κ2) is 9.00. The van der Waals surface area contributed by atoms with Crippen molar-refractivity contribution in [2.45, 2.75) is 25.0 Å². The maximum atomic E-state index is 12.5. The van der Waals surface area contributed by atoms with Gasteiger partial charge in [-0.05, 0) is 43.2 Å². The molecule has 30 heavy (non-hydrogen) atoms. The first kappa shape index (κ1) is 20.0. The van der Waals surface area contributed by atoms with Crippen LogP contribution in [0.5, 0.6) is 0 Å². The Kier molecular flexibility index (Phi) is 5.99. The van der Waals surface area contributed by atoms with Crippen LogP contribution in [-0.4, -0.2) is 30.8 Å². The van der Waals surface area contributed by atoms with Crippen LogP contribution in [0.25, 0.3) is 11.4 Å². The molecule has 0 aliphatic carbocycles. The van der Waals surface area contributed by atoms with E-state index in [0.717, 1.165) is 27.7 Å². The molecular weight excluding hydrogens is 394 g/mol. The monoisotopic (exact) mass is 417 g/mol. The van der Waals surface area contributed by atoms with Crippen LogP contribution >= 0.6 is 11.8 Å². The highest BCUT2D eigenvalue weighted by Crippen LogP contribution is 2.23. The van der Waals surface area contributed by atoms with Crippen LogP contribution in [0.1, 0.15) is 24.1 Å². The molecule has 6 nitrogen and oxygen atoms in total. The number of imidazole rings is 2. The molecule has 4 rings (SSSR count). The van der Waals surface area contributed by atoms with Gasteiger partial charge in [0, 0.05) is 30.5 Å². The van der Waals surface area contributed by atoms with Gasteiger partial charge in [-0.15, -0.1) is 0 Å². The van der Waals surface area contributed by atoms with Crippen molar-refractivity contribution in [1.82, 2.24) is 24.4 Å². The van der Waals surface area contributed by atoms with Crippen molar-refractivity contribution < 1.29 is 4.79 Å². The van der Waals surface area contributed by atoms with E-state index in [4.69, 9.17) is 0 Å². The second-order valence-corrected chi connectivity index (χ2v) is 7.95. The summed E-state index contributed by atoms with van der Waals surface area (Å²) in [6, 6.07) is 16.2. The normalized spacial score (nSPS) is 11.9. The van der Waals surface area contributed by atoms with E-state index >= 15 is 0 Å². The molecule has 7 heteroatoms. The molecule has 0 spiro atoms. The predicted octanol–water partition coefficient (Wildman–Crippen LogP) is 4.34. The lowest BCUT2D eigenvalue weighted by molar-refractivity contribution is -0.119. The molecule has 152 valence electrons. The van der Waals surface area contributed by atoms with Crippen molar-refractivity contribution in [2.75, 3.05) is 5.75 Å². The third kappa shape index (κ3) is 4.46. The van der Waals surface area contributed by atoms with Crippen molar-refractivity contribution in [3.05, 3.63) is 90.8 Å². The summed E-state index contributed by atoms with van der Waals surface area (Å²) >= 11 is 1.43. The van der Waals surface area contributed by atoms with Gasteiger partial charge in [0.25, 0.3) is 0 Å². The van der Waals surface area contributed by atoms with E-state index < -0.39 is 0 Å². The molecule has 0 bridgehead atoms. The molecule has 2 aromatic heterocycles. The van der Waals surface area contributed by atoms with Gasteiger partial charge in [-0.1, -0.05) is 42.1 Å². The number of rotatable bonds is 7. The van der Waals surface area contributed by atoms with Gasteiger partial charge >= 0.3 is 0 Å². The maximum Gasteiger partial charge on any atom is 0.230 e. The molecule has 0 fully saturated rings. The minimum Gasteiger partial charge on any atom is -0.349 e. The third-order valence-electron chi connectivity index (χ3n) is 4.89. The average molecular weight is 418 g/mol. The van der Waals surface area contributed by atoms with E-state index in [0.29, 0.717) is 5.75 Å². The van der Waals surface area contributed by atoms with Gasteiger partial charge in [-0.3, -0.25) is 9.36 Å². The van der Waals surface area contributed by atoms with Crippen LogP contribution in [0, 0.1) is 6.92 Å². The quantitative estimate of drug-likeness (QED) is 0.455. The Morgan fingerprint density at radius 2 is 1.90 bits per heavy atom. The lowest BCUT2D eigenvalue weighted by Crippen LogP contribution is -2.28. The highest BCUT2D eigenvalue weighted by molar-refractivity contribution is 7.99. The summed E-state index contributed by atoms with van der Waals surface area (Å²) in [4.78, 5) is 21.0. The molecule has 2 heterocycles. The largest absolute Gasteiger partial charge is 0.349 e. The summed E-state index contributed by atoms with van der Waals surface area (Å²) in [6.45, 7) is 4.05. The third-order valence-corrected chi connectivity index (χ3v) is 5.85. The summed E-state index contributed by atoms with van der Waals surface area (Å²) in [5, 5.41) is 3.87. The van der Waals surface area contributed by atoms with Gasteiger partial charge < -0.3 is 9.88 Å². The number of amides is 1. The van der Waals surface area contributed by atoms with Gasteiger partial charge in [-0.25, -0.2) is 9.97 Å². The first-order chi connectivity index (χ1) is 14.6. The van der Waals surface area contributed by atoms with Gasteiger partial charge in [0.2, 0.25) is 5.91 Å². The fourth-order valence-corrected chi connectivity index (χ4v) is 4.03. The summed E-state index contributed by atoms with van der Waals surface area (Å²) in [5.41, 5.74) is 4.32. The zero-order chi connectivity index (χ0) is 20.9. The van der Waals surface area contributed by atoms with E-state index in [9.17, 15) is 4.79 Å². The predicted molar refractivity (Wildman–Crippen MR) is 119 cm³/mol. The number of hydrogen-bond donors (Lipinski definition) is 1. The van der Waals surface area contributed by atoms with Crippen molar-refractivity contribution in [3.8, 4) is 11.4 Å². The highest BCUT2D eigenvalue weighted by atomic mass is 32.2. The highest BCUT2D eigenvalue weighted by Gasteiger charge is 2.13. The van der Waals surface area contributed by atoms with Crippen molar-refractivity contribution >= 4 is 17.7 Å². The summed E-state index contributed by atoms with van der Waals surface area (Å²) < 4.78 is 3.96. The number of para-hydroxylation sites is 1. The first-order valence-corrected chi connectivity index (χ1v) is 10.7. The number of hydrogen-bond acceptors (Lipinski definition) is 4. The van der Waals surface area contributed by atoms with E-state index in [1.807, 2.05) is 64.8 Å². The summed E-state index contributed by atoms with van der Waals surface area (Å²) in [5.74, 6) is 0.283. The van der Waals surface area contributed by atoms with Gasteiger partial charge in [0.05, 0.1) is 23.8 Å². The van der Waals surface area contributed by atoms with Crippen LogP contribution < -0.4 is 5.32 Å². The van der Waals surface area contributed by atoms with E-state index in [-0.39, 0.29) is 11.9 Å². The number of nitrogens with one attached hydrogen (secondary N) is 1. The van der Waals surface area contributed by atoms with Crippen LogP contribution in [0.4, 0.5) is 0 Å². The SMILES string of the molecule is Cc1ccccc1-n1ccnc1SCC(=O)N[C@H](C)c1ccc(-n2ccnc2)cc1. The van der Waals surface area contributed by atoms with E-state index in [2.05, 4.69) is 34.3 Å². The first-order valence-electron chi connectivity index (χ1n) is 9.71. The summed E-state index contributed by atoms with van der Waals surface area (Å²) in [7, 11) is 0. The molecule has 1 amide bonds. The minimum atomic E-state index is -0.0777. The van der Waals surface area contributed by atoms with Crippen LogP contribution in [-0.2, 0) is 4.79 Å². The van der Waals surface area contributed by atoms with Gasteiger partial charge in [-0.2, -0.15) is 0 Å². The molecule has 2 aromatic carbocycles. The molecule has 1 atom stereocenters. The van der Waals surface area contributed by atoms with Crippen LogP contribution in [0.15, 0.2) is 84.8 Å². The fraction of sp³-hybridized carbons (Fsp3) is 0.174. The number of nitrogens with zero attached hydrogens (tertiary/aromatic N) is 4. The molecule has 0 aliphatic heterocycles. The van der Waals surface area contributed by atoms with Crippen LogP contribution in [0.2, 0.25) is 0 Å². The molecule has 4 aromatic rings. The van der Waals surface area contributed by atoms with E-state index in [1.165, 1.54) is 11.8 Å². The topological polar surface area (TPSA) is 64.7 Å². The smallest absolute Gasteiger partial charge is 0.230 e. The Hall–Kier alpha value is -3.32. The van der Waals surface area contributed by atoms with Crippen molar-refractivity contribution in [1.29, 1.82) is 0 Å². The lowest BCUT2D eigenvalue weighted by atomic mass is 10.1. The number of aromatic nitrogens is 4. The van der Waals surface area contributed by atoms with Crippen molar-refractivity contribution in [2.24, 2.45) is 0 Å². The standard InChI is InChI=1S/C23H23N5OS/c1-17-5-3-4-6-21(17)28-14-12-25-23(28)30-15-22(29)26-18(2)19-7-9-20(10-8-19)27-13-11-24-16-27/h3-14,16,18H,15H2,1-2H3,(H,26,29)/t18-/m1/s1. The zero-order valence-electron chi connectivity index (χ0n) is 16.9. The molecule has 0 saturated heterocycles.